The van der Waals surface area contributed by atoms with Crippen molar-refractivity contribution in [3.8, 4) is 0 Å². The zero-order valence-electron chi connectivity index (χ0n) is 15.0. The number of aryl methyl sites for hydroxylation is 1. The van der Waals surface area contributed by atoms with E-state index in [1.807, 2.05) is 0 Å². The second-order valence-corrected chi connectivity index (χ2v) is 7.02. The number of hydrogen-bond acceptors (Lipinski definition) is 5. The SMILES string of the molecule is C=C1N[C@@]2(c3cc(F)ccc3F)CO[C@@H](c3cc(C)no3)C[C@H]2C(=O)N1C. The van der Waals surface area contributed by atoms with Gasteiger partial charge in [0.15, 0.2) is 5.76 Å². The number of carbonyl (C=O) groups excluding carboxylic acids is 1. The molecule has 8 heteroatoms. The minimum absolute atomic E-state index is 0.0438. The number of aromatic nitrogens is 1. The second kappa shape index (κ2) is 6.16. The average molecular weight is 375 g/mol. The molecule has 2 saturated heterocycles. The number of hydrogen-bond donors (Lipinski definition) is 1. The highest BCUT2D eigenvalue weighted by molar-refractivity contribution is 5.83. The first-order valence-electron chi connectivity index (χ1n) is 8.57. The molecule has 0 radical (unpaired) electrons. The summed E-state index contributed by atoms with van der Waals surface area (Å²) in [6.45, 7) is 5.56. The lowest BCUT2D eigenvalue weighted by Crippen LogP contribution is -2.65. The number of rotatable bonds is 2. The van der Waals surface area contributed by atoms with E-state index in [0.29, 0.717) is 17.3 Å². The summed E-state index contributed by atoms with van der Waals surface area (Å²) in [6, 6.07) is 4.93. The molecular formula is C19H19F2N3O3. The number of benzene rings is 1. The molecule has 0 aliphatic carbocycles. The smallest absolute Gasteiger partial charge is 0.233 e. The van der Waals surface area contributed by atoms with Gasteiger partial charge in [-0.05, 0) is 31.5 Å². The maximum absolute atomic E-state index is 14.6. The van der Waals surface area contributed by atoms with Crippen molar-refractivity contribution in [3.63, 3.8) is 0 Å². The van der Waals surface area contributed by atoms with Gasteiger partial charge in [0.05, 0.1) is 18.2 Å². The van der Waals surface area contributed by atoms with Gasteiger partial charge >= 0.3 is 0 Å². The summed E-state index contributed by atoms with van der Waals surface area (Å²) in [4.78, 5) is 14.4. The first-order valence-corrected chi connectivity index (χ1v) is 8.57. The van der Waals surface area contributed by atoms with Gasteiger partial charge in [-0.2, -0.15) is 0 Å². The molecule has 3 heterocycles. The minimum atomic E-state index is -1.25. The van der Waals surface area contributed by atoms with Crippen molar-refractivity contribution in [2.24, 2.45) is 5.92 Å². The van der Waals surface area contributed by atoms with Gasteiger partial charge in [-0.25, -0.2) is 8.78 Å². The molecular weight excluding hydrogens is 356 g/mol. The van der Waals surface area contributed by atoms with Crippen molar-refractivity contribution in [2.45, 2.75) is 25.0 Å². The molecule has 0 spiro atoms. The maximum atomic E-state index is 14.6. The van der Waals surface area contributed by atoms with E-state index in [1.165, 1.54) is 4.90 Å². The summed E-state index contributed by atoms with van der Waals surface area (Å²) in [5, 5.41) is 6.96. The van der Waals surface area contributed by atoms with Crippen LogP contribution >= 0.6 is 0 Å². The van der Waals surface area contributed by atoms with Crippen molar-refractivity contribution in [2.75, 3.05) is 13.7 Å². The van der Waals surface area contributed by atoms with Crippen molar-refractivity contribution in [1.82, 2.24) is 15.4 Å². The number of amides is 1. The van der Waals surface area contributed by atoms with E-state index < -0.39 is 29.2 Å². The van der Waals surface area contributed by atoms with Crippen molar-refractivity contribution < 1.29 is 22.8 Å². The minimum Gasteiger partial charge on any atom is -0.367 e. The highest BCUT2D eigenvalue weighted by Crippen LogP contribution is 2.47. The number of halogens is 2. The Morgan fingerprint density at radius 3 is 2.85 bits per heavy atom. The topological polar surface area (TPSA) is 67.6 Å². The summed E-state index contributed by atoms with van der Waals surface area (Å²) in [5.41, 5.74) is -0.513. The van der Waals surface area contributed by atoms with Crippen molar-refractivity contribution in [3.05, 3.63) is 65.3 Å². The molecule has 1 N–H and O–H groups in total. The maximum Gasteiger partial charge on any atom is 0.233 e. The molecule has 2 aromatic rings. The molecule has 1 aromatic heterocycles. The molecule has 0 bridgehead atoms. The van der Waals surface area contributed by atoms with Crippen molar-refractivity contribution >= 4 is 5.91 Å². The normalized spacial score (nSPS) is 28.1. The van der Waals surface area contributed by atoms with E-state index in [-0.39, 0.29) is 24.5 Å². The van der Waals surface area contributed by atoms with Crippen LogP contribution in [0.25, 0.3) is 0 Å². The number of fused-ring (bicyclic) bond motifs is 1. The highest BCUT2D eigenvalue weighted by atomic mass is 19.1. The quantitative estimate of drug-likeness (QED) is 0.874. The predicted octanol–water partition coefficient (Wildman–Crippen LogP) is 2.77. The molecule has 2 aliphatic heterocycles. The largest absolute Gasteiger partial charge is 0.367 e. The summed E-state index contributed by atoms with van der Waals surface area (Å²) >= 11 is 0. The fourth-order valence-corrected chi connectivity index (χ4v) is 3.86. The lowest BCUT2D eigenvalue weighted by Gasteiger charge is -2.51. The zero-order valence-corrected chi connectivity index (χ0v) is 15.0. The Bertz CT molecular complexity index is 929. The van der Waals surface area contributed by atoms with E-state index in [9.17, 15) is 13.6 Å². The first-order chi connectivity index (χ1) is 12.8. The Hall–Kier alpha value is -2.74. The summed E-state index contributed by atoms with van der Waals surface area (Å²) in [6.07, 6.45) is -0.278. The van der Waals surface area contributed by atoms with Gasteiger partial charge in [0.2, 0.25) is 5.91 Å². The van der Waals surface area contributed by atoms with Gasteiger partial charge < -0.3 is 19.5 Å². The third-order valence-corrected chi connectivity index (χ3v) is 5.33. The van der Waals surface area contributed by atoms with Crippen LogP contribution in [0.1, 0.15) is 29.5 Å². The van der Waals surface area contributed by atoms with Gasteiger partial charge in [0.1, 0.15) is 29.1 Å². The summed E-state index contributed by atoms with van der Waals surface area (Å²) < 4.78 is 39.8. The lowest BCUT2D eigenvalue weighted by atomic mass is 9.71. The fraction of sp³-hybridized carbons (Fsp3) is 0.368. The summed E-state index contributed by atoms with van der Waals surface area (Å²) in [7, 11) is 1.59. The van der Waals surface area contributed by atoms with Crippen LogP contribution in [0.15, 0.2) is 41.2 Å². The van der Waals surface area contributed by atoms with E-state index in [0.717, 1.165) is 18.2 Å². The van der Waals surface area contributed by atoms with Crippen LogP contribution in [0.2, 0.25) is 0 Å². The molecule has 3 atom stereocenters. The summed E-state index contributed by atoms with van der Waals surface area (Å²) in [5.74, 6) is -1.35. The van der Waals surface area contributed by atoms with Gasteiger partial charge in [0, 0.05) is 18.7 Å². The van der Waals surface area contributed by atoms with Gasteiger partial charge in [-0.3, -0.25) is 4.79 Å². The molecule has 1 amide bonds. The number of ether oxygens (including phenoxy) is 1. The van der Waals surface area contributed by atoms with Gasteiger partial charge in [-0.1, -0.05) is 11.7 Å². The number of nitrogens with one attached hydrogen (secondary N) is 1. The molecule has 0 unspecified atom stereocenters. The van der Waals surface area contributed by atoms with E-state index in [2.05, 4.69) is 17.1 Å². The van der Waals surface area contributed by atoms with E-state index >= 15 is 0 Å². The standard InChI is InChI=1S/C19H19F2N3O3/c1-10-6-17(27-23-10)16-8-14-18(25)24(3)11(2)22-19(14,9-26-16)13-7-12(20)4-5-15(13)21/h4-7,14,16,22H,2,8-9H2,1,3H3/t14-,16+,19+/m0/s1. The van der Waals surface area contributed by atoms with Gasteiger partial charge in [-0.15, -0.1) is 0 Å². The Morgan fingerprint density at radius 2 is 2.15 bits per heavy atom. The molecule has 6 nitrogen and oxygen atoms in total. The van der Waals surface area contributed by atoms with Crippen LogP contribution in [0.3, 0.4) is 0 Å². The monoisotopic (exact) mass is 375 g/mol. The van der Waals surface area contributed by atoms with Crippen LogP contribution in [0.4, 0.5) is 8.78 Å². The van der Waals surface area contributed by atoms with Crippen LogP contribution in [0, 0.1) is 24.5 Å². The Kier molecular flexibility index (Phi) is 4.03. The molecule has 2 fully saturated rings. The molecule has 142 valence electrons. The molecule has 27 heavy (non-hydrogen) atoms. The number of nitrogens with zero attached hydrogens (tertiary/aromatic N) is 2. The van der Waals surface area contributed by atoms with Crippen LogP contribution in [-0.2, 0) is 15.1 Å². The van der Waals surface area contributed by atoms with E-state index in [4.69, 9.17) is 9.26 Å². The lowest BCUT2D eigenvalue weighted by molar-refractivity contribution is -0.156. The first kappa shape index (κ1) is 17.7. The Morgan fingerprint density at radius 1 is 1.37 bits per heavy atom. The molecule has 1 aromatic carbocycles. The Labute approximate surface area is 154 Å². The fourth-order valence-electron chi connectivity index (χ4n) is 3.86. The highest BCUT2D eigenvalue weighted by Gasteiger charge is 2.55. The van der Waals surface area contributed by atoms with Crippen LogP contribution < -0.4 is 5.32 Å². The molecule has 0 saturated carbocycles. The third kappa shape index (κ3) is 2.71. The predicted molar refractivity (Wildman–Crippen MR) is 91.1 cm³/mol. The van der Waals surface area contributed by atoms with Crippen molar-refractivity contribution in [1.29, 1.82) is 0 Å². The average Bonchev–Trinajstić information content (AvgIpc) is 3.08. The van der Waals surface area contributed by atoms with Gasteiger partial charge in [0.25, 0.3) is 0 Å². The Balaban J connectivity index is 1.79. The molecule has 2 aliphatic rings. The van der Waals surface area contributed by atoms with E-state index in [1.54, 1.807) is 20.0 Å². The van der Waals surface area contributed by atoms with Crippen LogP contribution in [0.5, 0.6) is 0 Å². The van der Waals surface area contributed by atoms with Crippen LogP contribution in [-0.4, -0.2) is 29.6 Å². The zero-order chi connectivity index (χ0) is 19.3. The second-order valence-electron chi connectivity index (χ2n) is 7.02. The third-order valence-electron chi connectivity index (χ3n) is 5.33. The molecule has 4 rings (SSSR count). The number of carbonyl (C=O) groups is 1.